The lowest BCUT2D eigenvalue weighted by Gasteiger charge is -2.11. The Morgan fingerprint density at radius 2 is 2.00 bits per heavy atom. The molecule has 8 heteroatoms. The molecule has 2 heterocycles. The molecule has 4 N–H and O–H groups in total. The minimum atomic E-state index is -0.606. The molecule has 1 aromatic carbocycles. The van der Waals surface area contributed by atoms with Gasteiger partial charge in [-0.15, -0.1) is 10.2 Å². The van der Waals surface area contributed by atoms with Gasteiger partial charge in [-0.1, -0.05) is 18.0 Å². The molecule has 21 heavy (non-hydrogen) atoms. The molecule has 0 unspecified atom stereocenters. The number of fused-ring (bicyclic) bond motifs is 1. The van der Waals surface area contributed by atoms with Crippen molar-refractivity contribution in [2.45, 2.75) is 42.3 Å². The summed E-state index contributed by atoms with van der Waals surface area (Å²) in [6.07, 6.45) is 4.23. The standard InChI is InChI=1S/C13H15ClFN5S/c14-10-7(16)6-8(17)12(11(10)15)21-13-19-18-9-4-2-1-3-5-20(9)13/h6H,1-5,16-17H2. The number of nitrogens with zero attached hydrogens (tertiary/aromatic N) is 3. The van der Waals surface area contributed by atoms with Crippen LogP contribution in [0.15, 0.2) is 16.1 Å². The first-order valence-electron chi connectivity index (χ1n) is 6.71. The molecule has 0 saturated carbocycles. The summed E-state index contributed by atoms with van der Waals surface area (Å²) in [7, 11) is 0. The maximum atomic E-state index is 14.3. The second-order valence-electron chi connectivity index (χ2n) is 4.98. The maximum Gasteiger partial charge on any atom is 0.196 e. The number of anilines is 2. The van der Waals surface area contributed by atoms with E-state index in [4.69, 9.17) is 23.1 Å². The zero-order valence-corrected chi connectivity index (χ0v) is 12.8. The van der Waals surface area contributed by atoms with Gasteiger partial charge < -0.3 is 16.0 Å². The molecule has 2 aromatic rings. The van der Waals surface area contributed by atoms with Crippen LogP contribution in [-0.2, 0) is 13.0 Å². The lowest BCUT2D eigenvalue weighted by atomic mass is 10.2. The molecule has 0 fully saturated rings. The number of halogens is 2. The Morgan fingerprint density at radius 1 is 1.19 bits per heavy atom. The molecule has 0 amide bonds. The summed E-state index contributed by atoms with van der Waals surface area (Å²) < 4.78 is 16.3. The molecule has 0 bridgehead atoms. The summed E-state index contributed by atoms with van der Waals surface area (Å²) >= 11 is 7.00. The number of benzene rings is 1. The van der Waals surface area contributed by atoms with Crippen LogP contribution >= 0.6 is 23.4 Å². The van der Waals surface area contributed by atoms with Gasteiger partial charge in [0.05, 0.1) is 16.3 Å². The Bertz CT molecular complexity index is 688. The number of rotatable bonds is 2. The Hall–Kier alpha value is -1.47. The van der Waals surface area contributed by atoms with Gasteiger partial charge in [0.25, 0.3) is 0 Å². The van der Waals surface area contributed by atoms with Crippen molar-refractivity contribution in [2.24, 2.45) is 0 Å². The number of hydrogen-bond donors (Lipinski definition) is 2. The van der Waals surface area contributed by atoms with Crippen molar-refractivity contribution in [3.8, 4) is 0 Å². The summed E-state index contributed by atoms with van der Waals surface area (Å²) in [6.45, 7) is 0.842. The van der Waals surface area contributed by atoms with Crippen molar-refractivity contribution in [3.63, 3.8) is 0 Å². The van der Waals surface area contributed by atoms with Crippen LogP contribution < -0.4 is 11.5 Å². The predicted molar refractivity (Wildman–Crippen MR) is 81.9 cm³/mol. The van der Waals surface area contributed by atoms with Gasteiger partial charge in [0.2, 0.25) is 0 Å². The van der Waals surface area contributed by atoms with Crippen molar-refractivity contribution >= 4 is 34.7 Å². The van der Waals surface area contributed by atoms with Crippen LogP contribution in [0.3, 0.4) is 0 Å². The van der Waals surface area contributed by atoms with Crippen LogP contribution in [0.4, 0.5) is 15.8 Å². The van der Waals surface area contributed by atoms with Crippen LogP contribution in [0.25, 0.3) is 0 Å². The number of nitrogen functional groups attached to an aromatic ring is 2. The topological polar surface area (TPSA) is 82.8 Å². The van der Waals surface area contributed by atoms with Gasteiger partial charge >= 0.3 is 0 Å². The van der Waals surface area contributed by atoms with E-state index in [0.29, 0.717) is 5.16 Å². The third kappa shape index (κ3) is 2.67. The highest BCUT2D eigenvalue weighted by Gasteiger charge is 2.20. The Kier molecular flexibility index (Phi) is 3.95. The van der Waals surface area contributed by atoms with E-state index < -0.39 is 5.82 Å². The summed E-state index contributed by atoms with van der Waals surface area (Å²) in [5, 5.41) is 8.86. The average molecular weight is 328 g/mol. The molecule has 5 nitrogen and oxygen atoms in total. The summed E-state index contributed by atoms with van der Waals surface area (Å²) in [5.41, 5.74) is 11.8. The fraction of sp³-hybridized carbons (Fsp3) is 0.385. The van der Waals surface area contributed by atoms with Gasteiger partial charge in [-0.25, -0.2) is 4.39 Å². The van der Waals surface area contributed by atoms with Crippen LogP contribution in [0.2, 0.25) is 5.02 Å². The average Bonchev–Trinajstić information content (AvgIpc) is 2.69. The molecule has 0 spiro atoms. The van der Waals surface area contributed by atoms with E-state index in [9.17, 15) is 4.39 Å². The third-order valence-corrected chi connectivity index (χ3v) is 4.98. The van der Waals surface area contributed by atoms with Gasteiger partial charge in [0, 0.05) is 13.0 Å². The first-order valence-corrected chi connectivity index (χ1v) is 7.90. The lowest BCUT2D eigenvalue weighted by molar-refractivity contribution is 0.587. The molecule has 0 atom stereocenters. The molecule has 1 aliphatic rings. The summed E-state index contributed by atoms with van der Waals surface area (Å²) in [6, 6.07) is 1.47. The lowest BCUT2D eigenvalue weighted by Crippen LogP contribution is -2.03. The number of aryl methyl sites for hydroxylation is 1. The van der Waals surface area contributed by atoms with Crippen molar-refractivity contribution in [1.82, 2.24) is 14.8 Å². The van der Waals surface area contributed by atoms with E-state index >= 15 is 0 Å². The van der Waals surface area contributed by atoms with Gasteiger partial charge in [0.1, 0.15) is 10.8 Å². The molecule has 1 aromatic heterocycles. The SMILES string of the molecule is Nc1cc(N)c(Sc2nnc3n2CCCCC3)c(F)c1Cl. The Labute approximate surface area is 130 Å². The van der Waals surface area contributed by atoms with Gasteiger partial charge in [0.15, 0.2) is 11.0 Å². The zero-order valence-electron chi connectivity index (χ0n) is 11.3. The molecule has 1 aliphatic heterocycles. The van der Waals surface area contributed by atoms with E-state index in [1.807, 2.05) is 4.57 Å². The van der Waals surface area contributed by atoms with Crippen molar-refractivity contribution in [1.29, 1.82) is 0 Å². The largest absolute Gasteiger partial charge is 0.398 e. The molecular weight excluding hydrogens is 313 g/mol. The molecule has 112 valence electrons. The first-order chi connectivity index (χ1) is 10.1. The van der Waals surface area contributed by atoms with Crippen molar-refractivity contribution < 1.29 is 4.39 Å². The summed E-state index contributed by atoms with van der Waals surface area (Å²) in [4.78, 5) is 0.244. The van der Waals surface area contributed by atoms with Gasteiger partial charge in [-0.2, -0.15) is 0 Å². The monoisotopic (exact) mass is 327 g/mol. The highest BCUT2D eigenvalue weighted by Crippen LogP contribution is 2.39. The minimum absolute atomic E-state index is 0.109. The van der Waals surface area contributed by atoms with E-state index in [-0.39, 0.29) is 21.3 Å². The molecule has 3 rings (SSSR count). The normalized spacial score (nSPS) is 14.8. The van der Waals surface area contributed by atoms with E-state index in [1.165, 1.54) is 6.07 Å². The fourth-order valence-corrected chi connectivity index (χ4v) is 3.52. The van der Waals surface area contributed by atoms with Crippen molar-refractivity contribution in [2.75, 3.05) is 11.5 Å². The zero-order chi connectivity index (χ0) is 15.0. The highest BCUT2D eigenvalue weighted by molar-refractivity contribution is 7.99. The minimum Gasteiger partial charge on any atom is -0.398 e. The van der Waals surface area contributed by atoms with E-state index in [2.05, 4.69) is 10.2 Å². The van der Waals surface area contributed by atoms with Crippen LogP contribution in [-0.4, -0.2) is 14.8 Å². The van der Waals surface area contributed by atoms with Crippen LogP contribution in [0.5, 0.6) is 0 Å². The Balaban J connectivity index is 1.98. The summed E-state index contributed by atoms with van der Waals surface area (Å²) in [5.74, 6) is 0.334. The van der Waals surface area contributed by atoms with E-state index in [0.717, 1.165) is 49.8 Å². The molecule has 0 saturated heterocycles. The van der Waals surface area contributed by atoms with Crippen molar-refractivity contribution in [3.05, 3.63) is 22.7 Å². The Morgan fingerprint density at radius 3 is 2.81 bits per heavy atom. The maximum absolute atomic E-state index is 14.3. The van der Waals surface area contributed by atoms with Gasteiger partial charge in [-0.3, -0.25) is 0 Å². The van der Waals surface area contributed by atoms with Crippen LogP contribution in [0, 0.1) is 5.82 Å². The molecule has 0 aliphatic carbocycles. The predicted octanol–water partition coefficient (Wildman–Crippen LogP) is 3.11. The number of aromatic nitrogens is 3. The highest BCUT2D eigenvalue weighted by atomic mass is 35.5. The van der Waals surface area contributed by atoms with Crippen LogP contribution in [0.1, 0.15) is 25.1 Å². The third-order valence-electron chi connectivity index (χ3n) is 3.49. The quantitative estimate of drug-likeness (QED) is 0.828. The van der Waals surface area contributed by atoms with Gasteiger partial charge in [-0.05, 0) is 30.7 Å². The second-order valence-corrected chi connectivity index (χ2v) is 6.33. The number of nitrogens with two attached hydrogens (primary N) is 2. The first kappa shape index (κ1) is 14.5. The molecule has 0 radical (unpaired) electrons. The van der Waals surface area contributed by atoms with E-state index in [1.54, 1.807) is 0 Å². The molecular formula is C13H15ClFN5S. The fourth-order valence-electron chi connectivity index (χ4n) is 2.38. The second kappa shape index (κ2) is 5.73. The number of hydrogen-bond acceptors (Lipinski definition) is 5. The smallest absolute Gasteiger partial charge is 0.196 e.